The second-order valence-corrected chi connectivity index (χ2v) is 6.48. The maximum atomic E-state index is 13.7. The molecule has 0 amide bonds. The summed E-state index contributed by atoms with van der Waals surface area (Å²) in [5.74, 6) is -1.79. The first kappa shape index (κ1) is 22.2. The zero-order chi connectivity index (χ0) is 22.4. The number of benzene rings is 3. The molecule has 0 saturated carbocycles. The molecule has 150 valence electrons. The zero-order valence-electron chi connectivity index (χ0n) is 15.9. The maximum absolute atomic E-state index is 13.7. The molecule has 0 aliphatic heterocycles. The van der Waals surface area contributed by atoms with Crippen LogP contribution >= 0.6 is 0 Å². The van der Waals surface area contributed by atoms with Crippen molar-refractivity contribution in [3.05, 3.63) is 89.5 Å². The lowest BCUT2D eigenvalue weighted by molar-refractivity contribution is 0.356. The molecule has 6 nitrogen and oxygen atoms in total. The number of hydrogen-bond donors (Lipinski definition) is 2. The summed E-state index contributed by atoms with van der Waals surface area (Å²) in [4.78, 5) is 0. The lowest BCUT2D eigenvalue weighted by Gasteiger charge is -2.20. The standard InChI is InChI=1S/C20H13B3F2N2O4/c24-19-9-18(10-20(25)11-19)23(30-21(28)16-5-1-14(12-26)2-6-16)31-22(29)17-7-3-15(13-27)4-8-17/h1-11,28-29H. The monoisotopic (exact) mass is 416 g/mol. The SMILES string of the molecule is N#Cc1ccc(B(O)OB(OB(O)c2ccc(C#N)cc2)c2cc(F)cc(F)c2)cc1. The largest absolute Gasteiger partial charge is 0.477 e. The quantitative estimate of drug-likeness (QED) is 0.534. The van der Waals surface area contributed by atoms with E-state index in [9.17, 15) is 18.8 Å². The summed E-state index contributed by atoms with van der Waals surface area (Å²) in [7, 11) is -4.73. The average Bonchev–Trinajstić information content (AvgIpc) is 2.78. The Bertz CT molecular complexity index is 1050. The minimum absolute atomic E-state index is 0.113. The topological polar surface area (TPSA) is 106 Å². The van der Waals surface area contributed by atoms with Crippen molar-refractivity contribution >= 4 is 37.7 Å². The third-order valence-corrected chi connectivity index (χ3v) is 4.31. The van der Waals surface area contributed by atoms with Crippen LogP contribution < -0.4 is 16.4 Å². The van der Waals surface area contributed by atoms with Crippen LogP contribution in [0.5, 0.6) is 0 Å². The summed E-state index contributed by atoms with van der Waals surface area (Å²) in [5.41, 5.74) is 1.15. The molecule has 3 aromatic carbocycles. The fraction of sp³-hybridized carbons (Fsp3) is 0. The van der Waals surface area contributed by atoms with Gasteiger partial charge in [-0.2, -0.15) is 10.5 Å². The fourth-order valence-corrected chi connectivity index (χ4v) is 2.74. The van der Waals surface area contributed by atoms with Crippen molar-refractivity contribution in [1.29, 1.82) is 10.5 Å². The number of nitrogens with zero attached hydrogens (tertiary/aromatic N) is 2. The van der Waals surface area contributed by atoms with Crippen LogP contribution in [0.1, 0.15) is 11.1 Å². The van der Waals surface area contributed by atoms with Gasteiger partial charge in [0.1, 0.15) is 11.6 Å². The van der Waals surface area contributed by atoms with Crippen LogP contribution in [-0.2, 0) is 9.14 Å². The minimum atomic E-state index is -1.59. The molecule has 31 heavy (non-hydrogen) atoms. The van der Waals surface area contributed by atoms with Gasteiger partial charge in [0.05, 0.1) is 23.3 Å². The smallest absolute Gasteiger partial charge is 0.444 e. The Morgan fingerprint density at radius 3 is 1.39 bits per heavy atom. The van der Waals surface area contributed by atoms with E-state index in [1.165, 1.54) is 48.5 Å². The van der Waals surface area contributed by atoms with Gasteiger partial charge in [0.15, 0.2) is 0 Å². The molecule has 0 unspecified atom stereocenters. The summed E-state index contributed by atoms with van der Waals surface area (Å²) in [6.07, 6.45) is 0. The molecule has 0 aromatic heterocycles. The average molecular weight is 416 g/mol. The molecular weight excluding hydrogens is 403 g/mol. The molecule has 0 fully saturated rings. The maximum Gasteiger partial charge on any atom is 0.477 e. The Labute approximate surface area is 178 Å². The van der Waals surface area contributed by atoms with Crippen molar-refractivity contribution in [2.75, 3.05) is 0 Å². The lowest BCUT2D eigenvalue weighted by Crippen LogP contribution is -2.51. The van der Waals surface area contributed by atoms with Gasteiger partial charge in [-0.1, -0.05) is 24.3 Å². The van der Waals surface area contributed by atoms with E-state index in [0.717, 1.165) is 12.1 Å². The third kappa shape index (κ3) is 5.79. The van der Waals surface area contributed by atoms with Crippen molar-refractivity contribution in [2.24, 2.45) is 0 Å². The van der Waals surface area contributed by atoms with Gasteiger partial charge in [0, 0.05) is 6.07 Å². The predicted molar refractivity (Wildman–Crippen MR) is 111 cm³/mol. The van der Waals surface area contributed by atoms with Crippen molar-refractivity contribution in [3.63, 3.8) is 0 Å². The summed E-state index contributed by atoms with van der Waals surface area (Å²) >= 11 is 0. The third-order valence-electron chi connectivity index (χ3n) is 4.31. The van der Waals surface area contributed by atoms with Crippen molar-refractivity contribution in [1.82, 2.24) is 0 Å². The van der Waals surface area contributed by atoms with Crippen LogP contribution in [0.2, 0.25) is 0 Å². The van der Waals surface area contributed by atoms with Crippen LogP contribution in [0.3, 0.4) is 0 Å². The first-order valence-electron chi connectivity index (χ1n) is 9.03. The van der Waals surface area contributed by atoms with Crippen LogP contribution in [0.15, 0.2) is 66.7 Å². The highest BCUT2D eigenvalue weighted by molar-refractivity contribution is 6.79. The molecule has 11 heteroatoms. The molecule has 0 aliphatic carbocycles. The Morgan fingerprint density at radius 2 is 1.03 bits per heavy atom. The Morgan fingerprint density at radius 1 is 0.645 bits per heavy atom. The van der Waals surface area contributed by atoms with Gasteiger partial charge in [-0.25, -0.2) is 8.78 Å². The lowest BCUT2D eigenvalue weighted by atomic mass is 9.67. The molecule has 0 bridgehead atoms. The highest BCUT2D eigenvalue weighted by Crippen LogP contribution is 2.05. The van der Waals surface area contributed by atoms with Crippen LogP contribution in [-0.4, -0.2) is 31.4 Å². The second kappa shape index (κ2) is 10.0. The Kier molecular flexibility index (Phi) is 7.19. The molecule has 0 heterocycles. The molecule has 3 rings (SSSR count). The molecule has 0 saturated heterocycles. The molecule has 3 aromatic rings. The van der Waals surface area contributed by atoms with Gasteiger partial charge >= 0.3 is 21.4 Å². The number of nitriles is 2. The predicted octanol–water partition coefficient (Wildman–Crippen LogP) is 0.212. The van der Waals surface area contributed by atoms with Gasteiger partial charge in [-0.05, 0) is 52.8 Å². The van der Waals surface area contributed by atoms with E-state index in [0.29, 0.717) is 17.2 Å². The number of halogens is 2. The Hall–Kier alpha value is -3.47. The molecule has 2 N–H and O–H groups in total. The van der Waals surface area contributed by atoms with E-state index >= 15 is 0 Å². The number of rotatable bonds is 7. The summed E-state index contributed by atoms with van der Waals surface area (Å²) in [5, 5.41) is 38.6. The van der Waals surface area contributed by atoms with E-state index in [1.54, 1.807) is 0 Å². The van der Waals surface area contributed by atoms with E-state index in [4.69, 9.17) is 19.7 Å². The van der Waals surface area contributed by atoms with Gasteiger partial charge in [-0.15, -0.1) is 0 Å². The first-order valence-corrected chi connectivity index (χ1v) is 9.03. The van der Waals surface area contributed by atoms with Crippen molar-refractivity contribution in [3.8, 4) is 12.1 Å². The van der Waals surface area contributed by atoms with E-state index in [-0.39, 0.29) is 16.4 Å². The van der Waals surface area contributed by atoms with Gasteiger partial charge in [-0.3, -0.25) is 0 Å². The highest BCUT2D eigenvalue weighted by Gasteiger charge is 2.34. The van der Waals surface area contributed by atoms with Crippen LogP contribution in [0.4, 0.5) is 8.78 Å². The Balaban J connectivity index is 1.86. The van der Waals surface area contributed by atoms with E-state index < -0.39 is 33.0 Å². The molecule has 0 radical (unpaired) electrons. The highest BCUT2D eigenvalue weighted by atomic mass is 19.1. The van der Waals surface area contributed by atoms with Crippen LogP contribution in [0, 0.1) is 34.3 Å². The number of hydrogen-bond acceptors (Lipinski definition) is 6. The van der Waals surface area contributed by atoms with Crippen LogP contribution in [0.25, 0.3) is 0 Å². The first-order chi connectivity index (χ1) is 14.9. The van der Waals surface area contributed by atoms with Crippen molar-refractivity contribution < 1.29 is 28.0 Å². The molecule has 0 spiro atoms. The molecule has 0 atom stereocenters. The minimum Gasteiger partial charge on any atom is -0.444 e. The molecular formula is C20H13B3F2N2O4. The summed E-state index contributed by atoms with van der Waals surface area (Å²) in [6, 6.07) is 18.1. The fourth-order valence-electron chi connectivity index (χ4n) is 2.74. The van der Waals surface area contributed by atoms with E-state index in [1.807, 2.05) is 12.1 Å². The van der Waals surface area contributed by atoms with Crippen molar-refractivity contribution in [2.45, 2.75) is 0 Å². The second-order valence-electron chi connectivity index (χ2n) is 6.48. The summed E-state index contributed by atoms with van der Waals surface area (Å²) in [6.45, 7) is 0. The van der Waals surface area contributed by atoms with Gasteiger partial charge in [0.2, 0.25) is 0 Å². The van der Waals surface area contributed by atoms with Gasteiger partial charge in [0.25, 0.3) is 0 Å². The summed E-state index contributed by atoms with van der Waals surface area (Å²) < 4.78 is 38.4. The normalized spacial score (nSPS) is 10.1. The van der Waals surface area contributed by atoms with Gasteiger partial charge < -0.3 is 19.2 Å². The zero-order valence-corrected chi connectivity index (χ0v) is 15.9. The molecule has 0 aliphatic rings. The van der Waals surface area contributed by atoms with E-state index in [2.05, 4.69) is 0 Å².